The Kier molecular flexibility index (Phi) is 3.60. The number of amides is 1. The smallest absolute Gasteiger partial charge is 0.270 e. The summed E-state index contributed by atoms with van der Waals surface area (Å²) >= 11 is 0. The van der Waals surface area contributed by atoms with Crippen LogP contribution in [0, 0.1) is 6.92 Å². The summed E-state index contributed by atoms with van der Waals surface area (Å²) in [5.74, 6) is 0.926. The summed E-state index contributed by atoms with van der Waals surface area (Å²) in [5, 5.41) is 0. The predicted octanol–water partition coefficient (Wildman–Crippen LogP) is 1.43. The molecule has 0 radical (unpaired) electrons. The molecule has 0 unspecified atom stereocenters. The topological polar surface area (TPSA) is 81.8 Å². The summed E-state index contributed by atoms with van der Waals surface area (Å²) in [4.78, 5) is 35.6. The minimum Gasteiger partial charge on any atom is -0.357 e. The van der Waals surface area contributed by atoms with E-state index in [0.29, 0.717) is 24.6 Å². The molecule has 3 heterocycles. The molecule has 1 amide bonds. The van der Waals surface area contributed by atoms with Gasteiger partial charge in [-0.05, 0) is 31.9 Å². The molecule has 2 aromatic heterocycles. The number of nitrogens with zero attached hydrogens (tertiary/aromatic N) is 2. The van der Waals surface area contributed by atoms with Crippen molar-refractivity contribution in [3.05, 3.63) is 52.0 Å². The molecule has 6 heteroatoms. The van der Waals surface area contributed by atoms with Crippen molar-refractivity contribution in [1.82, 2.24) is 19.9 Å². The van der Waals surface area contributed by atoms with Gasteiger partial charge in [0.05, 0.1) is 5.69 Å². The van der Waals surface area contributed by atoms with Gasteiger partial charge in [-0.1, -0.05) is 0 Å². The van der Waals surface area contributed by atoms with Crippen molar-refractivity contribution in [2.24, 2.45) is 0 Å². The molecule has 21 heavy (non-hydrogen) atoms. The Bertz CT molecular complexity index is 682. The summed E-state index contributed by atoms with van der Waals surface area (Å²) < 4.78 is 0. The zero-order chi connectivity index (χ0) is 14.8. The highest BCUT2D eigenvalue weighted by Gasteiger charge is 2.25. The Morgan fingerprint density at radius 3 is 2.76 bits per heavy atom. The number of hydrogen-bond donors (Lipinski definition) is 2. The fourth-order valence-electron chi connectivity index (χ4n) is 2.82. The predicted molar refractivity (Wildman–Crippen MR) is 78.3 cm³/mol. The van der Waals surface area contributed by atoms with Gasteiger partial charge in [-0.15, -0.1) is 0 Å². The lowest BCUT2D eigenvalue weighted by Gasteiger charge is -2.31. The monoisotopic (exact) mass is 286 g/mol. The maximum Gasteiger partial charge on any atom is 0.270 e. The van der Waals surface area contributed by atoms with Crippen LogP contribution in [0.5, 0.6) is 0 Å². The molecule has 2 N–H and O–H groups in total. The van der Waals surface area contributed by atoms with Gasteiger partial charge in [0.25, 0.3) is 11.5 Å². The number of aromatic nitrogens is 3. The average molecular weight is 286 g/mol. The lowest BCUT2D eigenvalue weighted by Crippen LogP contribution is -2.38. The van der Waals surface area contributed by atoms with Crippen LogP contribution in [0.1, 0.15) is 40.8 Å². The van der Waals surface area contributed by atoms with Crippen molar-refractivity contribution < 1.29 is 4.79 Å². The van der Waals surface area contributed by atoms with E-state index >= 15 is 0 Å². The second-order valence-electron chi connectivity index (χ2n) is 5.41. The van der Waals surface area contributed by atoms with Crippen molar-refractivity contribution in [3.63, 3.8) is 0 Å². The van der Waals surface area contributed by atoms with E-state index in [1.165, 1.54) is 0 Å². The van der Waals surface area contributed by atoms with Crippen molar-refractivity contribution >= 4 is 5.91 Å². The van der Waals surface area contributed by atoms with E-state index in [0.717, 1.165) is 18.5 Å². The number of carbonyl (C=O) groups excluding carboxylic acids is 1. The number of carbonyl (C=O) groups is 1. The molecule has 0 spiro atoms. The van der Waals surface area contributed by atoms with Gasteiger partial charge >= 0.3 is 0 Å². The molecule has 110 valence electrons. The maximum absolute atomic E-state index is 12.2. The van der Waals surface area contributed by atoms with Gasteiger partial charge in [-0.3, -0.25) is 9.59 Å². The summed E-state index contributed by atoms with van der Waals surface area (Å²) in [6, 6.07) is 5.18. The maximum atomic E-state index is 12.2. The minimum atomic E-state index is -0.109. The van der Waals surface area contributed by atoms with Crippen LogP contribution >= 0.6 is 0 Å². The Balaban J connectivity index is 1.67. The summed E-state index contributed by atoms with van der Waals surface area (Å²) in [6.45, 7) is 3.17. The molecule has 1 aliphatic heterocycles. The molecule has 0 aliphatic carbocycles. The van der Waals surface area contributed by atoms with Crippen LogP contribution < -0.4 is 5.56 Å². The van der Waals surface area contributed by atoms with Gasteiger partial charge in [0.2, 0.25) is 0 Å². The summed E-state index contributed by atoms with van der Waals surface area (Å²) in [5.41, 5.74) is 1.35. The highest BCUT2D eigenvalue weighted by Crippen LogP contribution is 2.26. The number of likely N-dealkylation sites (tertiary alicyclic amines) is 1. The molecular formula is C15H18N4O2. The zero-order valence-corrected chi connectivity index (χ0v) is 11.9. The van der Waals surface area contributed by atoms with Crippen molar-refractivity contribution in [3.8, 4) is 0 Å². The highest BCUT2D eigenvalue weighted by atomic mass is 16.2. The summed E-state index contributed by atoms with van der Waals surface area (Å²) in [7, 11) is 0. The van der Waals surface area contributed by atoms with Gasteiger partial charge in [0.15, 0.2) is 0 Å². The third-order valence-corrected chi connectivity index (χ3v) is 3.91. The molecule has 6 nitrogen and oxygen atoms in total. The first-order chi connectivity index (χ1) is 10.1. The van der Waals surface area contributed by atoms with E-state index in [9.17, 15) is 9.59 Å². The van der Waals surface area contributed by atoms with Crippen LogP contribution in [0.4, 0.5) is 0 Å². The Labute approximate surface area is 122 Å². The van der Waals surface area contributed by atoms with Crippen LogP contribution in [0.15, 0.2) is 29.2 Å². The number of hydrogen-bond acceptors (Lipinski definition) is 3. The Morgan fingerprint density at radius 1 is 1.38 bits per heavy atom. The Morgan fingerprint density at radius 2 is 2.14 bits per heavy atom. The quantitative estimate of drug-likeness (QED) is 0.876. The van der Waals surface area contributed by atoms with Crippen molar-refractivity contribution in [2.45, 2.75) is 25.7 Å². The van der Waals surface area contributed by atoms with Gasteiger partial charge in [-0.25, -0.2) is 4.98 Å². The van der Waals surface area contributed by atoms with Gasteiger partial charge in [0, 0.05) is 31.3 Å². The molecule has 0 atom stereocenters. The lowest BCUT2D eigenvalue weighted by molar-refractivity contribution is 0.0706. The molecule has 0 bridgehead atoms. The van der Waals surface area contributed by atoms with Crippen LogP contribution in [0.3, 0.4) is 0 Å². The normalized spacial score (nSPS) is 16.1. The molecule has 2 aromatic rings. The molecule has 0 saturated carbocycles. The highest BCUT2D eigenvalue weighted by molar-refractivity contribution is 5.92. The number of H-pyrrole nitrogens is 2. The second-order valence-corrected chi connectivity index (χ2v) is 5.41. The average Bonchev–Trinajstić information content (AvgIpc) is 3.00. The van der Waals surface area contributed by atoms with E-state index in [1.807, 2.05) is 11.0 Å². The Hall–Kier alpha value is -2.37. The standard InChI is InChI=1S/C15H18N4O2/c1-10-17-13(9-14(20)18-10)11-4-7-19(8-5-11)15(21)12-3-2-6-16-12/h2-3,6,9,11,16H,4-5,7-8H2,1H3,(H,17,18,20). The van der Waals surface area contributed by atoms with Crippen LogP contribution in [0.2, 0.25) is 0 Å². The number of nitrogens with one attached hydrogen (secondary N) is 2. The largest absolute Gasteiger partial charge is 0.357 e. The molecule has 3 rings (SSSR count). The van der Waals surface area contributed by atoms with Crippen LogP contribution in [-0.2, 0) is 0 Å². The lowest BCUT2D eigenvalue weighted by atomic mass is 9.93. The SMILES string of the molecule is Cc1nc(C2CCN(C(=O)c3ccc[nH]3)CC2)cc(=O)[nH]1. The molecule has 1 aliphatic rings. The van der Waals surface area contributed by atoms with Crippen molar-refractivity contribution in [1.29, 1.82) is 0 Å². The fraction of sp³-hybridized carbons (Fsp3) is 0.400. The van der Waals surface area contributed by atoms with E-state index in [1.54, 1.807) is 25.3 Å². The van der Waals surface area contributed by atoms with Gasteiger partial charge < -0.3 is 14.9 Å². The number of rotatable bonds is 2. The van der Waals surface area contributed by atoms with Gasteiger partial charge in [-0.2, -0.15) is 0 Å². The third-order valence-electron chi connectivity index (χ3n) is 3.91. The first-order valence-corrected chi connectivity index (χ1v) is 7.14. The molecular weight excluding hydrogens is 268 g/mol. The van der Waals surface area contributed by atoms with E-state index in [4.69, 9.17) is 0 Å². The molecule has 1 fully saturated rings. The fourth-order valence-corrected chi connectivity index (χ4v) is 2.82. The van der Waals surface area contributed by atoms with E-state index in [2.05, 4.69) is 15.0 Å². The van der Waals surface area contributed by atoms with Crippen molar-refractivity contribution in [2.75, 3.05) is 13.1 Å². The molecule has 0 aromatic carbocycles. The van der Waals surface area contributed by atoms with Gasteiger partial charge in [0.1, 0.15) is 11.5 Å². The number of piperidine rings is 1. The third kappa shape index (κ3) is 2.89. The number of aromatic amines is 2. The molecule has 1 saturated heterocycles. The second kappa shape index (κ2) is 5.55. The zero-order valence-electron chi connectivity index (χ0n) is 11.9. The van der Waals surface area contributed by atoms with E-state index < -0.39 is 0 Å². The minimum absolute atomic E-state index is 0.0356. The number of aryl methyl sites for hydroxylation is 1. The van der Waals surface area contributed by atoms with Crippen LogP contribution in [-0.4, -0.2) is 38.8 Å². The van der Waals surface area contributed by atoms with E-state index in [-0.39, 0.29) is 17.4 Å². The van der Waals surface area contributed by atoms with Crippen LogP contribution in [0.25, 0.3) is 0 Å². The first-order valence-electron chi connectivity index (χ1n) is 7.14. The first kappa shape index (κ1) is 13.6. The summed E-state index contributed by atoms with van der Waals surface area (Å²) in [6.07, 6.45) is 3.42.